The molecule has 0 saturated carbocycles. The molecule has 4 nitrogen and oxygen atoms in total. The molecule has 1 aromatic carbocycles. The van der Waals surface area contributed by atoms with Crippen LogP contribution in [0.3, 0.4) is 0 Å². The van der Waals surface area contributed by atoms with Crippen LogP contribution in [0.15, 0.2) is 24.3 Å². The first-order chi connectivity index (χ1) is 10.2. The van der Waals surface area contributed by atoms with Gasteiger partial charge in [0.15, 0.2) is 0 Å². The van der Waals surface area contributed by atoms with Crippen LogP contribution >= 0.6 is 24.8 Å². The summed E-state index contributed by atoms with van der Waals surface area (Å²) in [6, 6.07) is 8.36. The first-order valence-electron chi connectivity index (χ1n) is 7.91. The van der Waals surface area contributed by atoms with Crippen LogP contribution in [0, 0.1) is 0 Å². The highest BCUT2D eigenvalue weighted by atomic mass is 35.5. The zero-order chi connectivity index (χ0) is 15.5. The van der Waals surface area contributed by atoms with Crippen molar-refractivity contribution in [1.82, 2.24) is 15.5 Å². The van der Waals surface area contributed by atoms with Crippen molar-refractivity contribution in [3.8, 4) is 0 Å². The van der Waals surface area contributed by atoms with Gasteiger partial charge in [0.1, 0.15) is 0 Å². The molecule has 1 aromatic rings. The molecular formula is C17H31Cl2N3O. The van der Waals surface area contributed by atoms with Gasteiger partial charge < -0.3 is 10.6 Å². The Hall–Kier alpha value is -0.810. The minimum atomic E-state index is 0. The molecule has 134 valence electrons. The summed E-state index contributed by atoms with van der Waals surface area (Å²) < 4.78 is 0. The van der Waals surface area contributed by atoms with Crippen molar-refractivity contribution in [1.29, 1.82) is 0 Å². The fourth-order valence-electron chi connectivity index (χ4n) is 2.28. The number of hydrogen-bond donors (Lipinski definition) is 2. The van der Waals surface area contributed by atoms with Crippen LogP contribution < -0.4 is 10.6 Å². The molecule has 0 unspecified atom stereocenters. The molecule has 0 aliphatic carbocycles. The third kappa shape index (κ3) is 9.82. The smallest absolute Gasteiger partial charge is 0.220 e. The van der Waals surface area contributed by atoms with E-state index in [1.54, 1.807) is 0 Å². The van der Waals surface area contributed by atoms with Crippen molar-refractivity contribution < 1.29 is 4.79 Å². The highest BCUT2D eigenvalue weighted by Crippen LogP contribution is 2.11. The topological polar surface area (TPSA) is 44.4 Å². The third-order valence-electron chi connectivity index (χ3n) is 3.71. The summed E-state index contributed by atoms with van der Waals surface area (Å²) in [7, 11) is 1.90. The summed E-state index contributed by atoms with van der Waals surface area (Å²) in [5.41, 5.74) is 2.52. The molecule has 0 bridgehead atoms. The van der Waals surface area contributed by atoms with Crippen LogP contribution in [0.25, 0.3) is 0 Å². The van der Waals surface area contributed by atoms with Gasteiger partial charge in [0.05, 0.1) is 0 Å². The van der Waals surface area contributed by atoms with Crippen LogP contribution in [-0.4, -0.2) is 37.5 Å². The molecule has 0 fully saturated rings. The van der Waals surface area contributed by atoms with Gasteiger partial charge in [0.25, 0.3) is 0 Å². The predicted molar refractivity (Wildman–Crippen MR) is 103 cm³/mol. The zero-order valence-electron chi connectivity index (χ0n) is 14.4. The molecule has 23 heavy (non-hydrogen) atoms. The van der Waals surface area contributed by atoms with E-state index in [0.29, 0.717) is 13.0 Å². The van der Waals surface area contributed by atoms with Gasteiger partial charge in [0.2, 0.25) is 5.91 Å². The number of carbonyl (C=O) groups is 1. The molecule has 0 aliphatic heterocycles. The maximum Gasteiger partial charge on any atom is 0.220 e. The molecule has 2 N–H and O–H groups in total. The van der Waals surface area contributed by atoms with Crippen molar-refractivity contribution >= 4 is 30.7 Å². The van der Waals surface area contributed by atoms with Gasteiger partial charge >= 0.3 is 0 Å². The van der Waals surface area contributed by atoms with Crippen LogP contribution in [-0.2, 0) is 17.9 Å². The number of nitrogens with one attached hydrogen (secondary N) is 2. The summed E-state index contributed by atoms with van der Waals surface area (Å²) >= 11 is 0. The van der Waals surface area contributed by atoms with E-state index in [0.717, 1.165) is 32.6 Å². The second-order valence-electron chi connectivity index (χ2n) is 5.21. The van der Waals surface area contributed by atoms with E-state index >= 15 is 0 Å². The van der Waals surface area contributed by atoms with Gasteiger partial charge in [0, 0.05) is 19.5 Å². The molecule has 0 spiro atoms. The standard InChI is InChI=1S/C17H29N3O.2ClH/c1-4-20(5-2)14-16-10-7-6-9-15(16)13-19-17(21)11-8-12-18-3;;/h6-7,9-10,18H,4-5,8,11-14H2,1-3H3,(H,19,21);2*1H. The monoisotopic (exact) mass is 363 g/mol. The normalized spacial score (nSPS) is 9.91. The lowest BCUT2D eigenvalue weighted by molar-refractivity contribution is -0.121. The van der Waals surface area contributed by atoms with Gasteiger partial charge in [-0.25, -0.2) is 0 Å². The highest BCUT2D eigenvalue weighted by molar-refractivity contribution is 5.85. The second kappa shape index (κ2) is 14.8. The van der Waals surface area contributed by atoms with Gasteiger partial charge in [-0.1, -0.05) is 38.1 Å². The van der Waals surface area contributed by atoms with Crippen LogP contribution in [0.4, 0.5) is 0 Å². The Labute approximate surface area is 153 Å². The van der Waals surface area contributed by atoms with E-state index in [-0.39, 0.29) is 30.7 Å². The quantitative estimate of drug-likeness (QED) is 0.628. The summed E-state index contributed by atoms with van der Waals surface area (Å²) in [6.45, 7) is 8.88. The van der Waals surface area contributed by atoms with Crippen molar-refractivity contribution in [2.24, 2.45) is 0 Å². The van der Waals surface area contributed by atoms with Gasteiger partial charge in [-0.15, -0.1) is 24.8 Å². The van der Waals surface area contributed by atoms with Crippen molar-refractivity contribution in [3.05, 3.63) is 35.4 Å². The van der Waals surface area contributed by atoms with E-state index in [1.807, 2.05) is 13.1 Å². The Morgan fingerprint density at radius 1 is 1.09 bits per heavy atom. The maximum absolute atomic E-state index is 11.8. The number of rotatable bonds is 10. The maximum atomic E-state index is 11.8. The molecule has 0 atom stereocenters. The minimum absolute atomic E-state index is 0. The molecule has 1 rings (SSSR count). The SMILES string of the molecule is CCN(CC)Cc1ccccc1CNC(=O)CCCNC.Cl.Cl. The molecule has 0 radical (unpaired) electrons. The lowest BCUT2D eigenvalue weighted by Gasteiger charge is -2.20. The van der Waals surface area contributed by atoms with Crippen molar-refractivity contribution in [2.75, 3.05) is 26.7 Å². The van der Waals surface area contributed by atoms with E-state index in [1.165, 1.54) is 11.1 Å². The van der Waals surface area contributed by atoms with E-state index < -0.39 is 0 Å². The third-order valence-corrected chi connectivity index (χ3v) is 3.71. The summed E-state index contributed by atoms with van der Waals surface area (Å²) in [5.74, 6) is 0.128. The number of benzene rings is 1. The van der Waals surface area contributed by atoms with Gasteiger partial charge in [-0.2, -0.15) is 0 Å². The van der Waals surface area contributed by atoms with E-state index in [9.17, 15) is 4.79 Å². The zero-order valence-corrected chi connectivity index (χ0v) is 16.1. The number of halogens is 2. The van der Waals surface area contributed by atoms with Crippen LogP contribution in [0.1, 0.15) is 37.8 Å². The number of carbonyl (C=O) groups excluding carboxylic acids is 1. The summed E-state index contributed by atoms with van der Waals surface area (Å²) in [6.07, 6.45) is 1.46. The number of amides is 1. The van der Waals surface area contributed by atoms with E-state index in [2.05, 4.69) is 47.6 Å². The lowest BCUT2D eigenvalue weighted by Crippen LogP contribution is -2.26. The molecular weight excluding hydrogens is 333 g/mol. The molecule has 1 amide bonds. The Morgan fingerprint density at radius 3 is 2.26 bits per heavy atom. The Balaban J connectivity index is 0. The van der Waals surface area contributed by atoms with Crippen LogP contribution in [0.5, 0.6) is 0 Å². The summed E-state index contributed by atoms with van der Waals surface area (Å²) in [5, 5.41) is 6.08. The lowest BCUT2D eigenvalue weighted by atomic mass is 10.1. The fourth-order valence-corrected chi connectivity index (χ4v) is 2.28. The van der Waals surface area contributed by atoms with Crippen LogP contribution in [0.2, 0.25) is 0 Å². The molecule has 0 saturated heterocycles. The average Bonchev–Trinajstić information content (AvgIpc) is 2.51. The number of nitrogens with zero attached hydrogens (tertiary/aromatic N) is 1. The largest absolute Gasteiger partial charge is 0.352 e. The Bertz CT molecular complexity index is 426. The first kappa shape index (κ1) is 24.4. The van der Waals surface area contributed by atoms with Crippen molar-refractivity contribution in [3.63, 3.8) is 0 Å². The molecule has 0 aliphatic rings. The Morgan fingerprint density at radius 2 is 1.70 bits per heavy atom. The second-order valence-corrected chi connectivity index (χ2v) is 5.21. The van der Waals surface area contributed by atoms with Crippen molar-refractivity contribution in [2.45, 2.75) is 39.8 Å². The Kier molecular flexibility index (Phi) is 15.7. The average molecular weight is 364 g/mol. The predicted octanol–water partition coefficient (Wildman–Crippen LogP) is 2.99. The molecule has 0 aromatic heterocycles. The molecule has 0 heterocycles. The van der Waals surface area contributed by atoms with E-state index in [4.69, 9.17) is 0 Å². The first-order valence-corrected chi connectivity index (χ1v) is 7.91. The molecule has 6 heteroatoms. The highest BCUT2D eigenvalue weighted by Gasteiger charge is 2.07. The number of hydrogen-bond acceptors (Lipinski definition) is 3. The van der Waals surface area contributed by atoms with Gasteiger partial charge in [-0.05, 0) is 44.2 Å². The van der Waals surface area contributed by atoms with Gasteiger partial charge in [-0.3, -0.25) is 9.69 Å². The fraction of sp³-hybridized carbons (Fsp3) is 0.588. The summed E-state index contributed by atoms with van der Waals surface area (Å²) in [4.78, 5) is 14.2. The minimum Gasteiger partial charge on any atom is -0.352 e.